The quantitative estimate of drug-likeness (QED) is 0.341. The predicted molar refractivity (Wildman–Crippen MR) is 78.0 cm³/mol. The minimum Gasteiger partial charge on any atom is -0.461 e. The van der Waals surface area contributed by atoms with Crippen LogP contribution in [0.2, 0.25) is 0 Å². The number of rotatable bonds is 6. The van der Waals surface area contributed by atoms with Crippen LogP contribution in [0, 0.1) is 0 Å². The average molecular weight is 342 g/mol. The molecule has 0 saturated carbocycles. The number of halogens is 3. The summed E-state index contributed by atoms with van der Waals surface area (Å²) in [6.45, 7) is 7.84. The molecule has 0 fully saturated rings. The molecule has 0 N–H and O–H groups in total. The van der Waals surface area contributed by atoms with E-state index in [1.807, 2.05) is 0 Å². The van der Waals surface area contributed by atoms with Gasteiger partial charge >= 0.3 is 18.1 Å². The second-order valence-electron chi connectivity index (χ2n) is 4.36. The Morgan fingerprint density at radius 3 is 2.42 bits per heavy atom. The fourth-order valence-electron chi connectivity index (χ4n) is 1.34. The summed E-state index contributed by atoms with van der Waals surface area (Å²) in [5, 5.41) is 0. The lowest BCUT2D eigenvalue weighted by Gasteiger charge is -2.13. The maximum atomic E-state index is 13.1. The van der Waals surface area contributed by atoms with Crippen molar-refractivity contribution in [3.63, 3.8) is 0 Å². The van der Waals surface area contributed by atoms with E-state index >= 15 is 0 Å². The Bertz CT molecular complexity index is 689. The van der Waals surface area contributed by atoms with Gasteiger partial charge < -0.3 is 14.2 Å². The predicted octanol–water partition coefficient (Wildman–Crippen LogP) is 3.77. The Hall–Kier alpha value is -3.03. The van der Waals surface area contributed by atoms with Gasteiger partial charge in [-0.3, -0.25) is 0 Å². The molecular formula is C16H13F3O5. The van der Waals surface area contributed by atoms with Crippen LogP contribution in [-0.2, 0) is 20.5 Å². The maximum Gasteiger partial charge on any atom is 0.420 e. The first-order valence-electron chi connectivity index (χ1n) is 6.38. The molecule has 1 rings (SSSR count). The number of alkyl halides is 3. The van der Waals surface area contributed by atoms with E-state index in [9.17, 15) is 22.8 Å². The summed E-state index contributed by atoms with van der Waals surface area (Å²) < 4.78 is 53.1. The van der Waals surface area contributed by atoms with Crippen LogP contribution in [0.4, 0.5) is 13.2 Å². The van der Waals surface area contributed by atoms with Gasteiger partial charge in [-0.15, -0.1) is 0 Å². The third kappa shape index (κ3) is 5.64. The topological polar surface area (TPSA) is 61.8 Å². The van der Waals surface area contributed by atoms with E-state index in [-0.39, 0.29) is 11.3 Å². The molecule has 8 heteroatoms. The molecule has 128 valence electrons. The van der Waals surface area contributed by atoms with Crippen LogP contribution in [0.1, 0.15) is 12.5 Å². The van der Waals surface area contributed by atoms with Crippen LogP contribution < -0.4 is 9.47 Å². The highest BCUT2D eigenvalue weighted by Crippen LogP contribution is 2.38. The summed E-state index contributed by atoms with van der Waals surface area (Å²) in [5.41, 5.74) is -1.13. The van der Waals surface area contributed by atoms with Crippen molar-refractivity contribution in [2.75, 3.05) is 0 Å². The van der Waals surface area contributed by atoms with Crippen molar-refractivity contribution < 1.29 is 37.0 Å². The number of benzene rings is 1. The van der Waals surface area contributed by atoms with Crippen LogP contribution in [0.15, 0.2) is 55.5 Å². The highest BCUT2D eigenvalue weighted by Gasteiger charge is 2.35. The lowest BCUT2D eigenvalue weighted by Crippen LogP contribution is -2.11. The molecule has 1 aromatic rings. The SMILES string of the molecule is C=CC(=O)O/C=C\Oc1ccc(OC(=O)C(=C)C)cc1C(F)(F)F. The van der Waals surface area contributed by atoms with Gasteiger partial charge in [0, 0.05) is 11.6 Å². The molecule has 0 aliphatic heterocycles. The summed E-state index contributed by atoms with van der Waals surface area (Å²) in [6.07, 6.45) is -2.37. The number of ether oxygens (including phenoxy) is 3. The number of carbonyl (C=O) groups excluding carboxylic acids is 2. The lowest BCUT2D eigenvalue weighted by atomic mass is 10.2. The first-order valence-corrected chi connectivity index (χ1v) is 6.38. The Labute approximate surface area is 135 Å². The van der Waals surface area contributed by atoms with E-state index in [1.165, 1.54) is 6.92 Å². The highest BCUT2D eigenvalue weighted by atomic mass is 19.4. The van der Waals surface area contributed by atoms with E-state index in [1.54, 1.807) is 0 Å². The Morgan fingerprint density at radius 1 is 1.21 bits per heavy atom. The van der Waals surface area contributed by atoms with E-state index in [0.29, 0.717) is 6.07 Å². The fraction of sp³-hybridized carbons (Fsp3) is 0.125. The monoisotopic (exact) mass is 342 g/mol. The zero-order valence-electron chi connectivity index (χ0n) is 12.6. The molecule has 0 aliphatic carbocycles. The van der Waals surface area contributed by atoms with Crippen molar-refractivity contribution in [1.82, 2.24) is 0 Å². The lowest BCUT2D eigenvalue weighted by molar-refractivity contribution is -0.139. The highest BCUT2D eigenvalue weighted by molar-refractivity contribution is 5.88. The van der Waals surface area contributed by atoms with E-state index < -0.39 is 29.4 Å². The van der Waals surface area contributed by atoms with Crippen LogP contribution in [0.5, 0.6) is 11.5 Å². The van der Waals surface area contributed by atoms with Crippen LogP contribution in [-0.4, -0.2) is 11.9 Å². The second kappa shape index (κ2) is 8.00. The fourth-order valence-corrected chi connectivity index (χ4v) is 1.34. The standard InChI is InChI=1S/C16H13F3O5/c1-4-14(20)23-8-7-22-13-6-5-11(24-15(21)10(2)3)9-12(13)16(17,18)19/h4-9H,1-2H2,3H3/b8-7-. The smallest absolute Gasteiger partial charge is 0.420 e. The zero-order valence-corrected chi connectivity index (χ0v) is 12.6. The van der Waals surface area contributed by atoms with Gasteiger partial charge in [-0.25, -0.2) is 9.59 Å². The molecular weight excluding hydrogens is 329 g/mol. The number of carbonyl (C=O) groups is 2. The first kappa shape index (κ1) is 19.0. The van der Waals surface area contributed by atoms with E-state index in [2.05, 4.69) is 17.9 Å². The van der Waals surface area contributed by atoms with Crippen molar-refractivity contribution in [1.29, 1.82) is 0 Å². The van der Waals surface area contributed by atoms with Crippen molar-refractivity contribution in [2.24, 2.45) is 0 Å². The van der Waals surface area contributed by atoms with Gasteiger partial charge in [0.1, 0.15) is 29.6 Å². The van der Waals surface area contributed by atoms with Crippen molar-refractivity contribution >= 4 is 11.9 Å². The molecule has 0 bridgehead atoms. The Kier molecular flexibility index (Phi) is 6.34. The number of hydrogen-bond donors (Lipinski definition) is 0. The zero-order chi connectivity index (χ0) is 18.3. The molecule has 0 spiro atoms. The van der Waals surface area contributed by atoms with Crippen molar-refractivity contribution in [3.05, 3.63) is 61.1 Å². The summed E-state index contributed by atoms with van der Waals surface area (Å²) in [5.74, 6) is -2.53. The summed E-state index contributed by atoms with van der Waals surface area (Å²) in [6, 6.07) is 2.69. The second-order valence-corrected chi connectivity index (χ2v) is 4.36. The molecule has 0 heterocycles. The van der Waals surface area contributed by atoms with Crippen LogP contribution in [0.3, 0.4) is 0 Å². The van der Waals surface area contributed by atoms with Crippen molar-refractivity contribution in [2.45, 2.75) is 13.1 Å². The molecule has 0 amide bonds. The Morgan fingerprint density at radius 2 is 1.88 bits per heavy atom. The van der Waals surface area contributed by atoms with Gasteiger partial charge in [0.2, 0.25) is 0 Å². The van der Waals surface area contributed by atoms with Gasteiger partial charge in [0.05, 0.1) is 0 Å². The molecule has 0 saturated heterocycles. The summed E-state index contributed by atoms with van der Waals surface area (Å²) in [4.78, 5) is 22.1. The average Bonchev–Trinajstić information content (AvgIpc) is 2.51. The van der Waals surface area contributed by atoms with Gasteiger partial charge in [0.15, 0.2) is 0 Å². The molecule has 0 aromatic heterocycles. The van der Waals surface area contributed by atoms with Crippen LogP contribution in [0.25, 0.3) is 0 Å². The third-order valence-corrected chi connectivity index (χ3v) is 2.42. The molecule has 0 aliphatic rings. The number of esters is 2. The molecule has 5 nitrogen and oxygen atoms in total. The van der Waals surface area contributed by atoms with Gasteiger partial charge in [-0.2, -0.15) is 13.2 Å². The minimum absolute atomic E-state index is 0.0378. The van der Waals surface area contributed by atoms with Crippen LogP contribution >= 0.6 is 0 Å². The van der Waals surface area contributed by atoms with Gasteiger partial charge in [0.25, 0.3) is 0 Å². The van der Waals surface area contributed by atoms with Crippen molar-refractivity contribution in [3.8, 4) is 11.5 Å². The maximum absolute atomic E-state index is 13.1. The summed E-state index contributed by atoms with van der Waals surface area (Å²) in [7, 11) is 0. The third-order valence-electron chi connectivity index (χ3n) is 2.42. The minimum atomic E-state index is -4.76. The van der Waals surface area contributed by atoms with Gasteiger partial charge in [-0.1, -0.05) is 13.2 Å². The largest absolute Gasteiger partial charge is 0.461 e. The van der Waals surface area contributed by atoms with E-state index in [4.69, 9.17) is 9.47 Å². The molecule has 0 unspecified atom stereocenters. The molecule has 0 atom stereocenters. The normalized spacial score (nSPS) is 11.0. The first-order chi connectivity index (χ1) is 11.1. The Balaban J connectivity index is 3.00. The van der Waals surface area contributed by atoms with E-state index in [0.717, 1.165) is 30.7 Å². The molecule has 24 heavy (non-hydrogen) atoms. The molecule has 0 radical (unpaired) electrons. The number of hydrogen-bond acceptors (Lipinski definition) is 5. The van der Waals surface area contributed by atoms with Gasteiger partial charge in [-0.05, 0) is 25.1 Å². The molecule has 1 aromatic carbocycles. The summed E-state index contributed by atoms with van der Waals surface area (Å²) >= 11 is 0.